The van der Waals surface area contributed by atoms with Gasteiger partial charge in [0.15, 0.2) is 0 Å². The topological polar surface area (TPSA) is 45.8 Å². The van der Waals surface area contributed by atoms with Crippen LogP contribution in [0, 0.1) is 23.0 Å². The molecule has 0 N–H and O–H groups in total. The van der Waals surface area contributed by atoms with Crippen LogP contribution in [0.2, 0.25) is 0 Å². The third-order valence-electron chi connectivity index (χ3n) is 2.53. The zero-order chi connectivity index (χ0) is 13.1. The lowest BCUT2D eigenvalue weighted by Crippen LogP contribution is -2.23. The van der Waals surface area contributed by atoms with Crippen molar-refractivity contribution in [2.75, 3.05) is 0 Å². The second kappa shape index (κ2) is 4.80. The van der Waals surface area contributed by atoms with Crippen molar-refractivity contribution < 1.29 is 8.78 Å². The van der Waals surface area contributed by atoms with E-state index in [1.165, 1.54) is 24.4 Å². The van der Waals surface area contributed by atoms with Crippen molar-refractivity contribution in [3.63, 3.8) is 0 Å². The Morgan fingerprint density at radius 1 is 1.17 bits per heavy atom. The number of hydrogen-bond acceptors (Lipinski definition) is 2. The van der Waals surface area contributed by atoms with Crippen molar-refractivity contribution >= 4 is 0 Å². The minimum absolute atomic E-state index is 0.0609. The molecular formula is C13H8F2N2O. The Morgan fingerprint density at radius 3 is 2.44 bits per heavy atom. The average Bonchev–Trinajstić information content (AvgIpc) is 2.36. The first kappa shape index (κ1) is 12.0. The van der Waals surface area contributed by atoms with Crippen LogP contribution in [0.1, 0.15) is 11.1 Å². The Hall–Kier alpha value is -2.48. The van der Waals surface area contributed by atoms with Crippen LogP contribution in [0.3, 0.4) is 0 Å². The van der Waals surface area contributed by atoms with Gasteiger partial charge in [-0.25, -0.2) is 8.78 Å². The lowest BCUT2D eigenvalue weighted by molar-refractivity contribution is 0.541. The Balaban J connectivity index is 2.48. The molecule has 90 valence electrons. The van der Waals surface area contributed by atoms with Crippen LogP contribution < -0.4 is 5.56 Å². The molecule has 0 aliphatic heterocycles. The molecule has 0 aliphatic rings. The van der Waals surface area contributed by atoms with E-state index < -0.39 is 17.2 Å². The summed E-state index contributed by atoms with van der Waals surface area (Å²) in [4.78, 5) is 11.7. The lowest BCUT2D eigenvalue weighted by Gasteiger charge is -2.07. The molecule has 0 radical (unpaired) electrons. The number of nitrogens with zero attached hydrogens (tertiary/aromatic N) is 2. The molecule has 1 heterocycles. The van der Waals surface area contributed by atoms with Gasteiger partial charge in [-0.05, 0) is 24.3 Å². The summed E-state index contributed by atoms with van der Waals surface area (Å²) in [6.07, 6.45) is 1.38. The van der Waals surface area contributed by atoms with E-state index in [9.17, 15) is 13.6 Å². The summed E-state index contributed by atoms with van der Waals surface area (Å²) >= 11 is 0. The number of benzene rings is 1. The Morgan fingerprint density at radius 2 is 1.83 bits per heavy atom. The highest BCUT2D eigenvalue weighted by Gasteiger charge is 2.10. The smallest absolute Gasteiger partial charge is 0.268 e. The fourth-order valence-corrected chi connectivity index (χ4v) is 1.60. The zero-order valence-corrected chi connectivity index (χ0v) is 9.23. The first-order valence-corrected chi connectivity index (χ1v) is 5.16. The molecule has 0 amide bonds. The normalized spacial score (nSPS) is 10.1. The maximum Gasteiger partial charge on any atom is 0.268 e. The monoisotopic (exact) mass is 246 g/mol. The molecule has 0 fully saturated rings. The number of nitriles is 1. The Bertz CT molecular complexity index is 666. The van der Waals surface area contributed by atoms with Gasteiger partial charge >= 0.3 is 0 Å². The van der Waals surface area contributed by atoms with Crippen molar-refractivity contribution in [2.45, 2.75) is 6.54 Å². The highest BCUT2D eigenvalue weighted by atomic mass is 19.1. The minimum atomic E-state index is -0.718. The highest BCUT2D eigenvalue weighted by molar-refractivity contribution is 5.26. The van der Waals surface area contributed by atoms with Crippen molar-refractivity contribution in [1.82, 2.24) is 4.57 Å². The van der Waals surface area contributed by atoms with Gasteiger partial charge in [0.25, 0.3) is 5.56 Å². The Labute approximate surface area is 102 Å². The van der Waals surface area contributed by atoms with Gasteiger partial charge in [-0.3, -0.25) is 4.79 Å². The number of hydrogen-bond donors (Lipinski definition) is 0. The van der Waals surface area contributed by atoms with Crippen LogP contribution in [0.4, 0.5) is 8.78 Å². The molecule has 18 heavy (non-hydrogen) atoms. The van der Waals surface area contributed by atoms with E-state index in [1.807, 2.05) is 0 Å². The molecule has 0 aliphatic carbocycles. The van der Waals surface area contributed by atoms with Gasteiger partial charge in [-0.1, -0.05) is 6.07 Å². The van der Waals surface area contributed by atoms with Crippen LogP contribution in [-0.2, 0) is 6.54 Å². The summed E-state index contributed by atoms with van der Waals surface area (Å²) in [5, 5.41) is 8.71. The first-order chi connectivity index (χ1) is 8.63. The summed E-state index contributed by atoms with van der Waals surface area (Å²) in [7, 11) is 0. The summed E-state index contributed by atoms with van der Waals surface area (Å²) in [6, 6.07) is 8.07. The minimum Gasteiger partial charge on any atom is -0.310 e. The quantitative estimate of drug-likeness (QED) is 0.814. The van der Waals surface area contributed by atoms with Gasteiger partial charge in [0, 0.05) is 11.8 Å². The van der Waals surface area contributed by atoms with Gasteiger partial charge in [0.1, 0.15) is 23.3 Å². The largest absolute Gasteiger partial charge is 0.310 e. The van der Waals surface area contributed by atoms with E-state index in [1.54, 1.807) is 6.07 Å². The average molecular weight is 246 g/mol. The van der Waals surface area contributed by atoms with E-state index in [-0.39, 0.29) is 17.7 Å². The SMILES string of the molecule is N#Cc1cccn(Cc2c(F)cccc2F)c1=O. The molecule has 0 bridgehead atoms. The number of pyridine rings is 1. The van der Waals surface area contributed by atoms with E-state index in [4.69, 9.17) is 5.26 Å². The fourth-order valence-electron chi connectivity index (χ4n) is 1.60. The van der Waals surface area contributed by atoms with E-state index >= 15 is 0 Å². The molecule has 3 nitrogen and oxygen atoms in total. The van der Waals surface area contributed by atoms with Crippen molar-refractivity contribution in [3.05, 3.63) is 69.6 Å². The van der Waals surface area contributed by atoms with Gasteiger partial charge in [-0.15, -0.1) is 0 Å². The molecular weight excluding hydrogens is 238 g/mol. The maximum absolute atomic E-state index is 13.4. The first-order valence-electron chi connectivity index (χ1n) is 5.16. The van der Waals surface area contributed by atoms with Crippen molar-refractivity contribution in [2.24, 2.45) is 0 Å². The van der Waals surface area contributed by atoms with Gasteiger partial charge in [0.05, 0.1) is 6.54 Å². The number of rotatable bonds is 2. The molecule has 1 aromatic heterocycles. The third-order valence-corrected chi connectivity index (χ3v) is 2.53. The van der Waals surface area contributed by atoms with Gasteiger partial charge < -0.3 is 4.57 Å². The van der Waals surface area contributed by atoms with Crippen molar-refractivity contribution in [3.8, 4) is 6.07 Å². The molecule has 2 rings (SSSR count). The molecule has 0 saturated carbocycles. The molecule has 2 aromatic rings. The van der Waals surface area contributed by atoms with Gasteiger partial charge in [0.2, 0.25) is 0 Å². The maximum atomic E-state index is 13.4. The molecule has 0 unspecified atom stereocenters. The van der Waals surface area contributed by atoms with E-state index in [0.717, 1.165) is 16.7 Å². The standard InChI is InChI=1S/C13H8F2N2O/c14-11-4-1-5-12(15)10(11)8-17-6-2-3-9(7-16)13(17)18/h1-6H,8H2. The van der Waals surface area contributed by atoms with Crippen LogP contribution in [0.25, 0.3) is 0 Å². The predicted octanol–water partition coefficient (Wildman–Crippen LogP) is 2.05. The number of aromatic nitrogens is 1. The van der Waals surface area contributed by atoms with Crippen LogP contribution >= 0.6 is 0 Å². The molecule has 0 saturated heterocycles. The second-order valence-corrected chi connectivity index (χ2v) is 3.67. The van der Waals surface area contributed by atoms with Crippen LogP contribution in [0.15, 0.2) is 41.3 Å². The third kappa shape index (κ3) is 2.13. The fraction of sp³-hybridized carbons (Fsp3) is 0.0769. The highest BCUT2D eigenvalue weighted by Crippen LogP contribution is 2.12. The van der Waals surface area contributed by atoms with Crippen molar-refractivity contribution in [1.29, 1.82) is 5.26 Å². The van der Waals surface area contributed by atoms with E-state index in [0.29, 0.717) is 0 Å². The summed E-state index contributed by atoms with van der Waals surface area (Å²) < 4.78 is 28.0. The zero-order valence-electron chi connectivity index (χ0n) is 9.23. The lowest BCUT2D eigenvalue weighted by atomic mass is 10.2. The Kier molecular flexibility index (Phi) is 3.20. The molecule has 0 atom stereocenters. The summed E-state index contributed by atoms with van der Waals surface area (Å²) in [5.41, 5.74) is -0.827. The summed E-state index contributed by atoms with van der Waals surface area (Å²) in [6.45, 7) is -0.243. The predicted molar refractivity (Wildman–Crippen MR) is 60.9 cm³/mol. The summed E-state index contributed by atoms with van der Waals surface area (Å²) in [5.74, 6) is -1.44. The molecule has 0 spiro atoms. The molecule has 1 aromatic carbocycles. The van der Waals surface area contributed by atoms with Crippen LogP contribution in [-0.4, -0.2) is 4.57 Å². The second-order valence-electron chi connectivity index (χ2n) is 3.67. The van der Waals surface area contributed by atoms with Crippen LogP contribution in [0.5, 0.6) is 0 Å². The molecule has 5 heteroatoms. The van der Waals surface area contributed by atoms with Gasteiger partial charge in [-0.2, -0.15) is 5.26 Å². The van der Waals surface area contributed by atoms with E-state index in [2.05, 4.69) is 0 Å². The number of halogens is 2.